The second-order valence-electron chi connectivity index (χ2n) is 3.77. The van der Waals surface area contributed by atoms with Crippen LogP contribution in [0, 0.1) is 0 Å². The topological polar surface area (TPSA) is 52.6 Å². The second-order valence-corrected chi connectivity index (χ2v) is 5.72. The Morgan fingerprint density at radius 1 is 0.842 bits per heavy atom. The quantitative estimate of drug-likeness (QED) is 0.598. The van der Waals surface area contributed by atoms with Gasteiger partial charge in [0.2, 0.25) is 0 Å². The fourth-order valence-electron chi connectivity index (χ4n) is 1.47. The van der Waals surface area contributed by atoms with Crippen molar-refractivity contribution in [3.05, 3.63) is 60.7 Å². The Kier molecular flexibility index (Phi) is 4.37. The Bertz CT molecular complexity index is 523. The van der Waals surface area contributed by atoms with Crippen LogP contribution in [0.4, 0.5) is 0 Å². The number of rotatable bonds is 6. The van der Waals surface area contributed by atoms with E-state index < -0.39 is 7.60 Å². The normalized spacial score (nSPS) is 10.7. The van der Waals surface area contributed by atoms with E-state index in [9.17, 15) is 9.36 Å². The van der Waals surface area contributed by atoms with Crippen molar-refractivity contribution in [3.63, 3.8) is 0 Å². The van der Waals surface area contributed by atoms with E-state index in [1.54, 1.807) is 48.5 Å². The summed E-state index contributed by atoms with van der Waals surface area (Å²) < 4.78 is 23.2. The average molecular weight is 276 g/mol. The molecule has 5 heteroatoms. The first-order valence-corrected chi connectivity index (χ1v) is 7.47. The van der Waals surface area contributed by atoms with E-state index in [4.69, 9.17) is 9.05 Å². The van der Waals surface area contributed by atoms with Gasteiger partial charge in [-0.15, -0.1) is 0 Å². The standard InChI is InChI=1S/C14H13O4P/c15-11-12-19(16,17-13-7-3-1-4-8-13)18-14-9-5-2-6-10-14/h1-11H,12H2. The average Bonchev–Trinajstić information content (AvgIpc) is 2.41. The Morgan fingerprint density at radius 2 is 1.26 bits per heavy atom. The van der Waals surface area contributed by atoms with Gasteiger partial charge in [0.25, 0.3) is 0 Å². The van der Waals surface area contributed by atoms with Crippen molar-refractivity contribution in [1.29, 1.82) is 0 Å². The number of para-hydroxylation sites is 2. The van der Waals surface area contributed by atoms with E-state index in [0.29, 0.717) is 17.8 Å². The monoisotopic (exact) mass is 276 g/mol. The fraction of sp³-hybridized carbons (Fsp3) is 0.0714. The fourth-order valence-corrected chi connectivity index (χ4v) is 2.72. The van der Waals surface area contributed by atoms with Gasteiger partial charge in [-0.2, -0.15) is 0 Å². The van der Waals surface area contributed by atoms with Gasteiger partial charge < -0.3 is 13.8 Å². The highest BCUT2D eigenvalue weighted by Crippen LogP contribution is 2.47. The molecule has 2 aromatic carbocycles. The van der Waals surface area contributed by atoms with Crippen LogP contribution in [0.1, 0.15) is 0 Å². The Labute approximate surface area is 111 Å². The van der Waals surface area contributed by atoms with Crippen LogP contribution in [0.5, 0.6) is 11.5 Å². The molecule has 0 saturated heterocycles. The maximum absolute atomic E-state index is 12.5. The van der Waals surface area contributed by atoms with Crippen LogP contribution in [0.15, 0.2) is 60.7 Å². The third-order valence-electron chi connectivity index (χ3n) is 2.27. The van der Waals surface area contributed by atoms with Gasteiger partial charge >= 0.3 is 7.60 Å². The molecule has 19 heavy (non-hydrogen) atoms. The van der Waals surface area contributed by atoms with E-state index in [2.05, 4.69) is 0 Å². The lowest BCUT2D eigenvalue weighted by molar-refractivity contribution is -0.106. The molecule has 0 amide bonds. The Hall–Kier alpha value is -2.06. The smallest absolute Gasteiger partial charge is 0.416 e. The van der Waals surface area contributed by atoms with Gasteiger partial charge in [0.05, 0.1) is 0 Å². The first-order chi connectivity index (χ1) is 9.22. The zero-order chi connectivity index (χ0) is 13.6. The lowest BCUT2D eigenvalue weighted by Gasteiger charge is -2.18. The highest BCUT2D eigenvalue weighted by molar-refractivity contribution is 7.55. The molecule has 98 valence electrons. The number of aldehydes is 1. The lowest BCUT2D eigenvalue weighted by Crippen LogP contribution is -2.05. The summed E-state index contributed by atoms with van der Waals surface area (Å²) in [6.45, 7) is 0. The van der Waals surface area contributed by atoms with E-state index in [0.717, 1.165) is 0 Å². The number of carbonyl (C=O) groups is 1. The molecule has 0 aliphatic rings. The van der Waals surface area contributed by atoms with Crippen LogP contribution < -0.4 is 9.05 Å². The summed E-state index contributed by atoms with van der Waals surface area (Å²) in [5, 5.41) is 0. The zero-order valence-corrected chi connectivity index (χ0v) is 11.0. The number of benzene rings is 2. The number of carbonyl (C=O) groups excluding carboxylic acids is 1. The molecule has 0 aliphatic carbocycles. The summed E-state index contributed by atoms with van der Waals surface area (Å²) in [7, 11) is -3.53. The van der Waals surface area contributed by atoms with Crippen LogP contribution in [0.3, 0.4) is 0 Å². The highest BCUT2D eigenvalue weighted by Gasteiger charge is 2.27. The summed E-state index contributed by atoms with van der Waals surface area (Å²) in [6, 6.07) is 17.3. The van der Waals surface area contributed by atoms with Crippen molar-refractivity contribution in [3.8, 4) is 11.5 Å². The molecule has 0 heterocycles. The van der Waals surface area contributed by atoms with Crippen LogP contribution in [-0.4, -0.2) is 12.4 Å². The van der Waals surface area contributed by atoms with Crippen molar-refractivity contribution in [2.75, 3.05) is 6.16 Å². The van der Waals surface area contributed by atoms with E-state index >= 15 is 0 Å². The minimum Gasteiger partial charge on any atom is -0.416 e. The predicted molar refractivity (Wildman–Crippen MR) is 72.7 cm³/mol. The summed E-state index contributed by atoms with van der Waals surface area (Å²) in [4.78, 5) is 10.7. The van der Waals surface area contributed by atoms with Crippen LogP contribution >= 0.6 is 7.60 Å². The third kappa shape index (κ3) is 3.97. The highest BCUT2D eigenvalue weighted by atomic mass is 31.2. The van der Waals surface area contributed by atoms with Crippen molar-refractivity contribution in [1.82, 2.24) is 0 Å². The Balaban J connectivity index is 2.18. The van der Waals surface area contributed by atoms with Crippen LogP contribution in [0.25, 0.3) is 0 Å². The SMILES string of the molecule is O=CCP(=O)(Oc1ccccc1)Oc1ccccc1. The van der Waals surface area contributed by atoms with E-state index in [1.807, 2.05) is 12.1 Å². The van der Waals surface area contributed by atoms with E-state index in [-0.39, 0.29) is 6.16 Å². The molecule has 0 radical (unpaired) electrons. The van der Waals surface area contributed by atoms with Gasteiger partial charge in [-0.3, -0.25) is 0 Å². The lowest BCUT2D eigenvalue weighted by atomic mass is 10.3. The van der Waals surface area contributed by atoms with Crippen molar-refractivity contribution >= 4 is 13.9 Å². The van der Waals surface area contributed by atoms with Gasteiger partial charge in [0, 0.05) is 0 Å². The molecule has 2 rings (SSSR count). The molecule has 0 N–H and O–H groups in total. The molecule has 0 bridgehead atoms. The summed E-state index contributed by atoms with van der Waals surface area (Å²) in [6.07, 6.45) is 0.240. The zero-order valence-electron chi connectivity index (χ0n) is 10.1. The van der Waals surface area contributed by atoms with Gasteiger partial charge in [0.15, 0.2) is 0 Å². The number of hydrogen-bond donors (Lipinski definition) is 0. The van der Waals surface area contributed by atoms with Gasteiger partial charge in [0.1, 0.15) is 23.9 Å². The molecule has 2 aromatic rings. The summed E-state index contributed by atoms with van der Waals surface area (Å²) in [5.41, 5.74) is 0. The predicted octanol–water partition coefficient (Wildman–Crippen LogP) is 3.54. The summed E-state index contributed by atoms with van der Waals surface area (Å²) >= 11 is 0. The molecule has 0 fully saturated rings. The van der Waals surface area contributed by atoms with Gasteiger partial charge in [-0.1, -0.05) is 36.4 Å². The molecular formula is C14H13O4P. The maximum Gasteiger partial charge on any atom is 0.437 e. The largest absolute Gasteiger partial charge is 0.437 e. The first kappa shape index (κ1) is 13.4. The van der Waals surface area contributed by atoms with Gasteiger partial charge in [-0.05, 0) is 24.3 Å². The van der Waals surface area contributed by atoms with Gasteiger partial charge in [-0.25, -0.2) is 4.57 Å². The Morgan fingerprint density at radius 3 is 1.63 bits per heavy atom. The molecule has 0 saturated carbocycles. The maximum atomic E-state index is 12.5. The number of hydrogen-bond acceptors (Lipinski definition) is 4. The van der Waals surface area contributed by atoms with Crippen molar-refractivity contribution < 1.29 is 18.4 Å². The van der Waals surface area contributed by atoms with Crippen molar-refractivity contribution in [2.24, 2.45) is 0 Å². The van der Waals surface area contributed by atoms with Crippen LogP contribution in [0.2, 0.25) is 0 Å². The first-order valence-electron chi connectivity index (χ1n) is 5.74. The van der Waals surface area contributed by atoms with Crippen LogP contribution in [-0.2, 0) is 9.36 Å². The molecular weight excluding hydrogens is 263 g/mol. The van der Waals surface area contributed by atoms with Crippen molar-refractivity contribution in [2.45, 2.75) is 0 Å². The third-order valence-corrected chi connectivity index (χ3v) is 3.85. The molecule has 0 aliphatic heterocycles. The molecule has 0 spiro atoms. The summed E-state index contributed by atoms with van der Waals surface area (Å²) in [5.74, 6) is 0.812. The van der Waals surface area contributed by atoms with E-state index in [1.165, 1.54) is 0 Å². The molecule has 0 unspecified atom stereocenters. The second kappa shape index (κ2) is 6.21. The minimum atomic E-state index is -3.53. The minimum absolute atomic E-state index is 0.295. The molecule has 0 aromatic heterocycles. The molecule has 0 atom stereocenters. The molecule has 4 nitrogen and oxygen atoms in total.